The molecule has 156 valence electrons. The first-order valence-electron chi connectivity index (χ1n) is 8.69. The topological polar surface area (TPSA) is 49.4 Å². The Morgan fingerprint density at radius 1 is 0.966 bits per heavy atom. The number of carbonyl (C=O) groups excluding carboxylic acids is 2. The highest BCUT2D eigenvalue weighted by atomic mass is 35.5. The van der Waals surface area contributed by atoms with Gasteiger partial charge >= 0.3 is 0 Å². The Balaban J connectivity index is 2.07. The fourth-order valence-corrected chi connectivity index (χ4v) is 4.09. The van der Waals surface area contributed by atoms with Crippen LogP contribution in [0, 0.1) is 0 Å². The van der Waals surface area contributed by atoms with Crippen LogP contribution in [0.1, 0.15) is 18.1 Å². The number of thioether (sulfide) groups is 1. The largest absolute Gasteiger partial charge is 0.357 e. The van der Waals surface area contributed by atoms with Crippen molar-refractivity contribution in [2.45, 2.75) is 25.3 Å². The van der Waals surface area contributed by atoms with Crippen LogP contribution in [-0.4, -0.2) is 35.6 Å². The molecule has 29 heavy (non-hydrogen) atoms. The zero-order chi connectivity index (χ0) is 21.6. The van der Waals surface area contributed by atoms with Crippen LogP contribution >= 0.6 is 58.2 Å². The molecule has 0 saturated carbocycles. The van der Waals surface area contributed by atoms with Gasteiger partial charge in [0.2, 0.25) is 11.8 Å². The Morgan fingerprint density at radius 2 is 1.52 bits per heavy atom. The van der Waals surface area contributed by atoms with Crippen molar-refractivity contribution in [3.63, 3.8) is 0 Å². The van der Waals surface area contributed by atoms with Gasteiger partial charge in [0.05, 0.1) is 25.8 Å². The van der Waals surface area contributed by atoms with Gasteiger partial charge in [0.25, 0.3) is 0 Å². The van der Waals surface area contributed by atoms with Crippen molar-refractivity contribution < 1.29 is 9.59 Å². The van der Waals surface area contributed by atoms with Crippen LogP contribution in [0.2, 0.25) is 20.1 Å². The Kier molecular flexibility index (Phi) is 9.44. The number of halogens is 4. The second-order valence-electron chi connectivity index (χ2n) is 6.30. The van der Waals surface area contributed by atoms with E-state index in [9.17, 15) is 9.59 Å². The summed E-state index contributed by atoms with van der Waals surface area (Å²) in [5.41, 5.74) is 1.76. The maximum atomic E-state index is 12.9. The van der Waals surface area contributed by atoms with Crippen LogP contribution in [0.3, 0.4) is 0 Å². The van der Waals surface area contributed by atoms with Gasteiger partial charge in [-0.25, -0.2) is 0 Å². The van der Waals surface area contributed by atoms with Gasteiger partial charge in [-0.2, -0.15) is 0 Å². The van der Waals surface area contributed by atoms with E-state index in [0.29, 0.717) is 25.8 Å². The van der Waals surface area contributed by atoms with E-state index in [1.54, 1.807) is 44.3 Å². The Hall–Kier alpha value is -1.11. The number of hydrogen-bond acceptors (Lipinski definition) is 3. The fraction of sp³-hybridized carbons (Fsp3) is 0.300. The minimum Gasteiger partial charge on any atom is -0.357 e. The predicted molar refractivity (Wildman–Crippen MR) is 123 cm³/mol. The molecule has 0 aromatic heterocycles. The summed E-state index contributed by atoms with van der Waals surface area (Å²) in [6, 6.07) is 9.90. The van der Waals surface area contributed by atoms with E-state index < -0.39 is 6.04 Å². The number of benzene rings is 2. The van der Waals surface area contributed by atoms with Gasteiger partial charge in [-0.1, -0.05) is 58.5 Å². The number of rotatable bonds is 8. The number of hydrogen-bond donors (Lipinski definition) is 1. The van der Waals surface area contributed by atoms with Gasteiger partial charge in [0.1, 0.15) is 6.04 Å². The van der Waals surface area contributed by atoms with Gasteiger partial charge in [0.15, 0.2) is 0 Å². The summed E-state index contributed by atoms with van der Waals surface area (Å²) in [5.74, 6) is 0.408. The molecule has 9 heteroatoms. The second kappa shape index (κ2) is 11.3. The van der Waals surface area contributed by atoms with Gasteiger partial charge in [-0.15, -0.1) is 11.8 Å². The highest BCUT2D eigenvalue weighted by Crippen LogP contribution is 2.26. The third-order valence-corrected chi connectivity index (χ3v) is 6.70. The molecule has 2 aromatic rings. The first-order valence-corrected chi connectivity index (χ1v) is 11.4. The molecule has 0 saturated heterocycles. The van der Waals surface area contributed by atoms with Gasteiger partial charge < -0.3 is 10.2 Å². The van der Waals surface area contributed by atoms with Gasteiger partial charge in [-0.05, 0) is 42.3 Å². The van der Waals surface area contributed by atoms with E-state index in [0.717, 1.165) is 11.1 Å². The van der Waals surface area contributed by atoms with Gasteiger partial charge in [0, 0.05) is 19.3 Å². The van der Waals surface area contributed by atoms with Crippen LogP contribution in [0.25, 0.3) is 0 Å². The van der Waals surface area contributed by atoms with E-state index in [1.807, 2.05) is 6.07 Å². The van der Waals surface area contributed by atoms with E-state index in [2.05, 4.69) is 5.32 Å². The van der Waals surface area contributed by atoms with Crippen LogP contribution in [-0.2, 0) is 21.9 Å². The van der Waals surface area contributed by atoms with Crippen molar-refractivity contribution in [2.24, 2.45) is 0 Å². The molecule has 2 amide bonds. The summed E-state index contributed by atoms with van der Waals surface area (Å²) in [4.78, 5) is 26.6. The first kappa shape index (κ1) is 24.2. The number of carbonyl (C=O) groups is 2. The number of amides is 2. The quantitative estimate of drug-likeness (QED) is 0.513. The molecule has 0 aliphatic rings. The average molecular weight is 494 g/mol. The lowest BCUT2D eigenvalue weighted by Crippen LogP contribution is -2.47. The minimum atomic E-state index is -0.632. The van der Waals surface area contributed by atoms with Crippen LogP contribution < -0.4 is 5.32 Å². The lowest BCUT2D eigenvalue weighted by molar-refractivity contribution is -0.138. The molecule has 1 N–H and O–H groups in total. The monoisotopic (exact) mass is 492 g/mol. The summed E-state index contributed by atoms with van der Waals surface area (Å²) < 4.78 is 0. The Morgan fingerprint density at radius 3 is 2.07 bits per heavy atom. The SMILES string of the molecule is CNC(=O)[C@@H](C)N(Cc1ccc(Cl)c(Cl)c1)C(=O)CSCc1ccc(Cl)c(Cl)c1. The molecule has 0 aliphatic heterocycles. The molecule has 2 aromatic carbocycles. The average Bonchev–Trinajstić information content (AvgIpc) is 2.70. The van der Waals surface area contributed by atoms with Gasteiger partial charge in [-0.3, -0.25) is 9.59 Å². The van der Waals surface area contributed by atoms with E-state index in [-0.39, 0.29) is 24.1 Å². The molecular formula is C20H20Cl4N2O2S. The number of nitrogens with one attached hydrogen (secondary N) is 1. The first-order chi connectivity index (χ1) is 13.7. The summed E-state index contributed by atoms with van der Waals surface area (Å²) >= 11 is 25.4. The zero-order valence-electron chi connectivity index (χ0n) is 15.8. The maximum absolute atomic E-state index is 12.9. The minimum absolute atomic E-state index is 0.155. The predicted octanol–water partition coefficient (Wildman–Crippen LogP) is 5.70. The third kappa shape index (κ3) is 6.97. The molecule has 1 atom stereocenters. The number of likely N-dealkylation sites (N-methyl/N-ethyl adjacent to an activating group) is 1. The van der Waals surface area contributed by atoms with Crippen molar-refractivity contribution in [1.82, 2.24) is 10.2 Å². The van der Waals surface area contributed by atoms with Crippen LogP contribution in [0.5, 0.6) is 0 Å². The molecule has 0 unspecified atom stereocenters. The summed E-state index contributed by atoms with van der Waals surface area (Å²) in [5, 5.41) is 4.39. The van der Waals surface area contributed by atoms with Crippen molar-refractivity contribution >= 4 is 70.0 Å². The van der Waals surface area contributed by atoms with E-state index in [4.69, 9.17) is 46.4 Å². The molecule has 0 spiro atoms. The molecule has 2 rings (SSSR count). The normalized spacial score (nSPS) is 11.8. The van der Waals surface area contributed by atoms with Crippen molar-refractivity contribution in [3.8, 4) is 0 Å². The molecule has 0 heterocycles. The molecule has 0 fully saturated rings. The standard InChI is InChI=1S/C20H20Cl4N2O2S/c1-12(20(28)25-2)26(9-13-3-5-15(21)17(23)7-13)19(27)11-29-10-14-4-6-16(22)18(24)8-14/h3-8,12H,9-11H2,1-2H3,(H,25,28)/t12-/m1/s1. The summed E-state index contributed by atoms with van der Waals surface area (Å²) in [6.07, 6.45) is 0. The molecule has 0 bridgehead atoms. The van der Waals surface area contributed by atoms with E-state index in [1.165, 1.54) is 16.7 Å². The molecule has 0 radical (unpaired) electrons. The van der Waals surface area contributed by atoms with Crippen molar-refractivity contribution in [3.05, 3.63) is 67.6 Å². The zero-order valence-corrected chi connectivity index (χ0v) is 19.7. The van der Waals surface area contributed by atoms with Crippen LogP contribution in [0.15, 0.2) is 36.4 Å². The Bertz CT molecular complexity index is 895. The smallest absolute Gasteiger partial charge is 0.242 e. The molecule has 0 aliphatic carbocycles. The molecule has 4 nitrogen and oxygen atoms in total. The third-order valence-electron chi connectivity index (χ3n) is 4.23. The lowest BCUT2D eigenvalue weighted by Gasteiger charge is -2.28. The highest BCUT2D eigenvalue weighted by molar-refractivity contribution is 7.99. The highest BCUT2D eigenvalue weighted by Gasteiger charge is 2.25. The van der Waals surface area contributed by atoms with Crippen molar-refractivity contribution in [1.29, 1.82) is 0 Å². The fourth-order valence-electron chi connectivity index (χ4n) is 2.59. The summed E-state index contributed by atoms with van der Waals surface area (Å²) in [6.45, 7) is 1.94. The van der Waals surface area contributed by atoms with Crippen molar-refractivity contribution in [2.75, 3.05) is 12.8 Å². The summed E-state index contributed by atoms with van der Waals surface area (Å²) in [7, 11) is 1.54. The maximum Gasteiger partial charge on any atom is 0.242 e. The van der Waals surface area contributed by atoms with E-state index >= 15 is 0 Å². The number of nitrogens with zero attached hydrogens (tertiary/aromatic N) is 1. The Labute approximate surface area is 194 Å². The second-order valence-corrected chi connectivity index (χ2v) is 8.92. The lowest BCUT2D eigenvalue weighted by atomic mass is 10.1. The van der Waals surface area contributed by atoms with Crippen LogP contribution in [0.4, 0.5) is 0 Å². The molecular weight excluding hydrogens is 474 g/mol.